The predicted octanol–water partition coefficient (Wildman–Crippen LogP) is 4.64. The Morgan fingerprint density at radius 2 is 1.95 bits per heavy atom. The average molecular weight is 551 g/mol. The Morgan fingerprint density at radius 3 is 2.76 bits per heavy atom. The van der Waals surface area contributed by atoms with Gasteiger partial charge in [0.25, 0.3) is 0 Å². The van der Waals surface area contributed by atoms with Crippen LogP contribution in [0.15, 0.2) is 72.8 Å². The molecule has 3 aromatic rings. The quantitative estimate of drug-likeness (QED) is 0.438. The number of nitrogens with zero attached hydrogens (tertiary/aromatic N) is 2. The summed E-state index contributed by atoms with van der Waals surface area (Å²) in [6.45, 7) is 3.76. The summed E-state index contributed by atoms with van der Waals surface area (Å²) >= 11 is 0. The normalized spacial score (nSPS) is 29.7. The van der Waals surface area contributed by atoms with E-state index in [2.05, 4.69) is 35.2 Å². The summed E-state index contributed by atoms with van der Waals surface area (Å²) in [6, 6.07) is 22.1. The molecule has 2 heterocycles. The number of aliphatic hydroxyl groups is 1. The van der Waals surface area contributed by atoms with E-state index in [-0.39, 0.29) is 23.7 Å². The fraction of sp³-hybridized carbons (Fsp3) is 0.400. The second-order valence-electron chi connectivity index (χ2n) is 12.4. The van der Waals surface area contributed by atoms with Crippen molar-refractivity contribution in [3.8, 4) is 11.5 Å². The molecule has 3 aromatic carbocycles. The average Bonchev–Trinajstić information content (AvgIpc) is 3.33. The number of likely N-dealkylation sites (tertiary alicyclic amines) is 1. The number of likely N-dealkylation sites (N-methyl/N-ethyl adjacent to an activating group) is 1. The van der Waals surface area contributed by atoms with E-state index in [0.717, 1.165) is 54.6 Å². The van der Waals surface area contributed by atoms with Crippen molar-refractivity contribution in [3.63, 3.8) is 0 Å². The highest BCUT2D eigenvalue weighted by Crippen LogP contribution is 2.65. The van der Waals surface area contributed by atoms with Crippen molar-refractivity contribution >= 4 is 12.0 Å². The summed E-state index contributed by atoms with van der Waals surface area (Å²) in [7, 11) is 1.84. The van der Waals surface area contributed by atoms with E-state index in [1.807, 2.05) is 50.4 Å². The van der Waals surface area contributed by atoms with Crippen LogP contribution in [0.4, 0.5) is 0 Å². The Hall–Kier alpha value is -3.61. The Balaban J connectivity index is 1.21. The summed E-state index contributed by atoms with van der Waals surface area (Å²) in [4.78, 5) is 17.7. The maximum Gasteiger partial charge on any atom is 0.246 e. The van der Waals surface area contributed by atoms with E-state index in [1.165, 1.54) is 5.56 Å². The number of aromatic hydroxyl groups is 1. The molecule has 2 bridgehead atoms. The minimum Gasteiger partial charge on any atom is -0.504 e. The predicted molar refractivity (Wildman–Crippen MR) is 159 cm³/mol. The van der Waals surface area contributed by atoms with Crippen LogP contribution in [0.25, 0.3) is 6.08 Å². The zero-order chi connectivity index (χ0) is 28.4. The van der Waals surface area contributed by atoms with E-state index >= 15 is 0 Å². The van der Waals surface area contributed by atoms with Gasteiger partial charge in [-0.3, -0.25) is 9.69 Å². The molecule has 1 amide bonds. The number of phenolic OH excluding ortho intramolecular Hbond substituents is 1. The van der Waals surface area contributed by atoms with E-state index in [1.54, 1.807) is 17.0 Å². The summed E-state index contributed by atoms with van der Waals surface area (Å²) in [5.41, 5.74) is 3.89. The molecule has 0 aromatic heterocycles. The van der Waals surface area contributed by atoms with Gasteiger partial charge in [-0.15, -0.1) is 0 Å². The second kappa shape index (κ2) is 9.74. The van der Waals surface area contributed by atoms with Crippen LogP contribution in [0.1, 0.15) is 47.1 Å². The van der Waals surface area contributed by atoms with Gasteiger partial charge in [-0.05, 0) is 74.4 Å². The number of amides is 1. The lowest BCUT2D eigenvalue weighted by Crippen LogP contribution is -2.78. The number of benzene rings is 3. The highest BCUT2D eigenvalue weighted by molar-refractivity contribution is 5.92. The van der Waals surface area contributed by atoms with Crippen LogP contribution < -0.4 is 4.74 Å². The highest BCUT2D eigenvalue weighted by Gasteiger charge is 2.73. The van der Waals surface area contributed by atoms with Crippen molar-refractivity contribution in [2.24, 2.45) is 0 Å². The number of piperidine rings is 1. The van der Waals surface area contributed by atoms with E-state index in [4.69, 9.17) is 4.74 Å². The molecule has 6 heteroatoms. The number of hydrogen-bond acceptors (Lipinski definition) is 5. The molecule has 7 rings (SSSR count). The third-order valence-corrected chi connectivity index (χ3v) is 10.4. The van der Waals surface area contributed by atoms with Crippen molar-refractivity contribution < 1.29 is 19.7 Å². The monoisotopic (exact) mass is 550 g/mol. The van der Waals surface area contributed by atoms with Gasteiger partial charge >= 0.3 is 0 Å². The fourth-order valence-electron chi connectivity index (χ4n) is 8.41. The molecule has 0 radical (unpaired) electrons. The lowest BCUT2D eigenvalue weighted by atomic mass is 9.48. The highest BCUT2D eigenvalue weighted by atomic mass is 16.5. The van der Waals surface area contributed by atoms with Gasteiger partial charge in [0.15, 0.2) is 11.5 Å². The smallest absolute Gasteiger partial charge is 0.246 e. The van der Waals surface area contributed by atoms with Gasteiger partial charge in [-0.25, -0.2) is 0 Å². The van der Waals surface area contributed by atoms with Gasteiger partial charge in [-0.1, -0.05) is 66.2 Å². The maximum absolute atomic E-state index is 13.5. The van der Waals surface area contributed by atoms with Gasteiger partial charge in [0.05, 0.1) is 17.1 Å². The van der Waals surface area contributed by atoms with E-state index in [9.17, 15) is 15.0 Å². The topological polar surface area (TPSA) is 73.2 Å². The standard InChI is InChI=1S/C35H38N2O4/c1-23-7-6-10-25(21-23)11-14-30(39)36(2)27-15-17-35(40)29-22-26-12-13-28(38)32-31(26)34(35,33(27)41-32)18-20-37(29)19-16-24-8-4-3-5-9-24/h3-14,21,27,29,33,38,40H,15-20,22H2,1-2H3/b14-11+/t27?,29-,33?,34+,35-/m1/s1. The molecule has 4 aliphatic rings. The first kappa shape index (κ1) is 26.3. The van der Waals surface area contributed by atoms with Crippen LogP contribution in [0.3, 0.4) is 0 Å². The molecule has 5 atom stereocenters. The third kappa shape index (κ3) is 3.95. The first-order valence-electron chi connectivity index (χ1n) is 14.9. The molecule has 2 unspecified atom stereocenters. The van der Waals surface area contributed by atoms with Gasteiger partial charge in [-0.2, -0.15) is 0 Å². The molecule has 2 N–H and O–H groups in total. The Labute approximate surface area is 241 Å². The van der Waals surface area contributed by atoms with E-state index < -0.39 is 17.1 Å². The number of phenols is 1. The van der Waals surface area contributed by atoms with Gasteiger partial charge in [0.2, 0.25) is 5.91 Å². The molecule has 41 heavy (non-hydrogen) atoms. The molecule has 1 saturated heterocycles. The van der Waals surface area contributed by atoms with Crippen LogP contribution in [0, 0.1) is 6.92 Å². The lowest BCUT2D eigenvalue weighted by molar-refractivity contribution is -0.199. The maximum atomic E-state index is 13.5. The Morgan fingerprint density at radius 1 is 1.12 bits per heavy atom. The van der Waals surface area contributed by atoms with Crippen LogP contribution in [0.5, 0.6) is 11.5 Å². The number of rotatable bonds is 6. The molecule has 2 aliphatic heterocycles. The van der Waals surface area contributed by atoms with Gasteiger partial charge < -0.3 is 19.8 Å². The lowest BCUT2D eigenvalue weighted by Gasteiger charge is -2.64. The summed E-state index contributed by atoms with van der Waals surface area (Å²) in [6.07, 6.45) is 6.66. The number of hydrogen-bond donors (Lipinski definition) is 2. The van der Waals surface area contributed by atoms with Crippen LogP contribution in [0.2, 0.25) is 0 Å². The molecular weight excluding hydrogens is 512 g/mol. The zero-order valence-electron chi connectivity index (χ0n) is 23.8. The van der Waals surface area contributed by atoms with Crippen molar-refractivity contribution in [1.29, 1.82) is 0 Å². The van der Waals surface area contributed by atoms with Crippen molar-refractivity contribution in [2.75, 3.05) is 20.1 Å². The molecule has 2 fully saturated rings. The molecule has 1 spiro atoms. The Bertz CT molecular complexity index is 1520. The van der Waals surface area contributed by atoms with Crippen molar-refractivity contribution in [2.45, 2.75) is 68.2 Å². The van der Waals surface area contributed by atoms with Crippen LogP contribution >= 0.6 is 0 Å². The SMILES string of the molecule is Cc1cccc(/C=C/C(=O)N(C)C2CC[C@@]3(O)[C@H]4Cc5ccc(O)c6c5[C@@]3(CCN4CCc3ccccc3)C2O6)c1. The van der Waals surface area contributed by atoms with Gasteiger partial charge in [0, 0.05) is 31.3 Å². The number of carbonyl (C=O) groups is 1. The second-order valence-corrected chi connectivity index (χ2v) is 12.4. The fourth-order valence-corrected chi connectivity index (χ4v) is 8.41. The van der Waals surface area contributed by atoms with Crippen molar-refractivity contribution in [3.05, 3.63) is 101 Å². The van der Waals surface area contributed by atoms with E-state index in [0.29, 0.717) is 18.6 Å². The molecule has 1 saturated carbocycles. The first-order chi connectivity index (χ1) is 19.8. The largest absolute Gasteiger partial charge is 0.504 e. The third-order valence-electron chi connectivity index (χ3n) is 10.4. The summed E-state index contributed by atoms with van der Waals surface area (Å²) < 4.78 is 6.66. The summed E-state index contributed by atoms with van der Waals surface area (Å²) in [5, 5.41) is 23.7. The first-order valence-corrected chi connectivity index (χ1v) is 14.9. The zero-order valence-corrected chi connectivity index (χ0v) is 23.8. The molecule has 6 nitrogen and oxygen atoms in total. The number of ether oxygens (including phenoxy) is 1. The van der Waals surface area contributed by atoms with Crippen LogP contribution in [-0.4, -0.2) is 69.8 Å². The number of aryl methyl sites for hydroxylation is 1. The summed E-state index contributed by atoms with van der Waals surface area (Å²) in [5.74, 6) is 0.534. The van der Waals surface area contributed by atoms with Crippen molar-refractivity contribution in [1.82, 2.24) is 9.80 Å². The molecule has 212 valence electrons. The minimum atomic E-state index is -1.00. The Kier molecular flexibility index (Phi) is 6.25. The van der Waals surface area contributed by atoms with Crippen LogP contribution in [-0.2, 0) is 23.1 Å². The minimum absolute atomic E-state index is 0.0442. The van der Waals surface area contributed by atoms with Gasteiger partial charge in [0.1, 0.15) is 6.10 Å². The molecular formula is C35H38N2O4. The molecule has 2 aliphatic carbocycles. The number of carbonyl (C=O) groups excluding carboxylic acids is 1.